The lowest BCUT2D eigenvalue weighted by Crippen LogP contribution is -2.43. The number of halogens is 1. The van der Waals surface area contributed by atoms with Crippen molar-refractivity contribution >= 4 is 45.9 Å². The van der Waals surface area contributed by atoms with E-state index in [1.807, 2.05) is 21.8 Å². The molecule has 324 valence electrons. The summed E-state index contributed by atoms with van der Waals surface area (Å²) in [5, 5.41) is 10.4. The van der Waals surface area contributed by atoms with Gasteiger partial charge in [-0.25, -0.2) is 18.8 Å². The molecule has 2 aromatic carbocycles. The number of aromatic nitrogens is 7. The lowest BCUT2D eigenvalue weighted by Gasteiger charge is -2.40. The Kier molecular flexibility index (Phi) is 10.8. The van der Waals surface area contributed by atoms with E-state index in [2.05, 4.69) is 143 Å². The molecule has 11 heteroatoms. The lowest BCUT2D eigenvalue weighted by atomic mass is 9.74. The summed E-state index contributed by atoms with van der Waals surface area (Å²) in [5.74, 6) is 0.891. The normalized spacial score (nSPS) is 20.6. The molecule has 5 aromatic heterocycles. The van der Waals surface area contributed by atoms with Crippen molar-refractivity contribution in [1.29, 1.82) is 0 Å². The molecule has 10 rings (SSSR count). The molecule has 0 aliphatic carbocycles. The minimum absolute atomic E-state index is 0.0573. The van der Waals surface area contributed by atoms with Gasteiger partial charge in [-0.05, 0) is 67.1 Å². The van der Waals surface area contributed by atoms with Gasteiger partial charge in [0.2, 0.25) is 5.82 Å². The zero-order valence-electron chi connectivity index (χ0n) is 37.4. The zero-order valence-corrected chi connectivity index (χ0v) is 38.1. The standard InChI is InChI=1S/C52H58ClN8O2/c1-51(2,3)47-48(52(4,5)6)50(53)57-40-28-43(38-30-55-60(33-38)46-22-14-16-26-63-46)61(49(40)47,34-36-19-11-8-12-20-36)44-24-23-41-39(56-44)27-42(58(41)31-35-17-9-7-10-18-35)37-29-54-59(32-37)45-21-13-15-25-62-45/h7-12,17-20,23-24,27-30,32-33,45-46H,13-16,21-22,25-26,31,34H2,1-6H3/q+1. The van der Waals surface area contributed by atoms with Crippen LogP contribution in [0.1, 0.15) is 126 Å². The first-order valence-corrected chi connectivity index (χ1v) is 23.0. The summed E-state index contributed by atoms with van der Waals surface area (Å²) in [6, 6.07) is 28.2. The fraction of sp³-hybridized carbons (Fsp3) is 0.385. The number of hydrogen-bond acceptors (Lipinski definition) is 6. The number of fused-ring (bicyclic) bond motifs is 2. The van der Waals surface area contributed by atoms with Gasteiger partial charge in [-0.3, -0.25) is 0 Å². The van der Waals surface area contributed by atoms with Crippen LogP contribution in [0.5, 0.6) is 0 Å². The number of pyridine rings is 2. The Bertz CT molecular complexity index is 2800. The summed E-state index contributed by atoms with van der Waals surface area (Å²) in [6.45, 7) is 16.4. The first-order valence-electron chi connectivity index (χ1n) is 22.6. The van der Waals surface area contributed by atoms with E-state index in [0.717, 1.165) is 108 Å². The quantitative estimate of drug-likeness (QED) is 0.106. The molecule has 10 nitrogen and oxygen atoms in total. The Hall–Kier alpha value is -5.39. The number of ether oxygens (including phenoxy) is 2. The highest BCUT2D eigenvalue weighted by Gasteiger charge is 2.52. The molecular weight excluding hydrogens is 804 g/mol. The molecule has 0 bridgehead atoms. The second kappa shape index (κ2) is 16.3. The second-order valence-corrected chi connectivity index (χ2v) is 20.0. The second-order valence-electron chi connectivity index (χ2n) is 19.6. The van der Waals surface area contributed by atoms with E-state index in [1.165, 1.54) is 16.7 Å². The van der Waals surface area contributed by atoms with Crippen molar-refractivity contribution in [2.24, 2.45) is 0 Å². The van der Waals surface area contributed by atoms with Crippen LogP contribution in [0.25, 0.3) is 34.1 Å². The summed E-state index contributed by atoms with van der Waals surface area (Å²) >= 11 is 7.36. The Morgan fingerprint density at radius 2 is 1.30 bits per heavy atom. The topological polar surface area (TPSA) is 84.8 Å². The first-order chi connectivity index (χ1) is 30.4. The Morgan fingerprint density at radius 1 is 0.698 bits per heavy atom. The predicted molar refractivity (Wildman–Crippen MR) is 253 cm³/mol. The van der Waals surface area contributed by atoms with Gasteiger partial charge in [0.15, 0.2) is 11.4 Å². The number of nitrogens with zero attached hydrogens (tertiary/aromatic N) is 8. The van der Waals surface area contributed by atoms with Gasteiger partial charge < -0.3 is 14.0 Å². The van der Waals surface area contributed by atoms with E-state index in [9.17, 15) is 0 Å². The number of quaternary nitrogens is 1. The third-order valence-electron chi connectivity index (χ3n) is 13.0. The SMILES string of the molecule is CC(C)(C)c1c(Cl)nc2c(c1C(C)(C)C)[N+](Cc1ccccc1)(c1ccc3c(cc(-c4cnn(C5CCCCO5)c4)n3Cc3ccccc3)n1)C(c1cnn(C3CCCCO3)c1)=C2. The van der Waals surface area contributed by atoms with Gasteiger partial charge in [0, 0.05) is 66.5 Å². The van der Waals surface area contributed by atoms with Crippen molar-refractivity contribution in [2.75, 3.05) is 13.2 Å². The van der Waals surface area contributed by atoms with E-state index in [1.54, 1.807) is 0 Å². The van der Waals surface area contributed by atoms with Crippen LogP contribution in [0.3, 0.4) is 0 Å². The maximum Gasteiger partial charge on any atom is 0.238 e. The first kappa shape index (κ1) is 41.6. The monoisotopic (exact) mass is 861 g/mol. The minimum Gasteiger partial charge on any atom is -0.357 e. The maximum atomic E-state index is 7.36. The fourth-order valence-electron chi connectivity index (χ4n) is 10.1. The summed E-state index contributed by atoms with van der Waals surface area (Å²) in [4.78, 5) is 11.1. The molecule has 0 amide bonds. The molecule has 0 radical (unpaired) electrons. The van der Waals surface area contributed by atoms with Crippen LogP contribution >= 0.6 is 11.6 Å². The molecule has 3 unspecified atom stereocenters. The smallest absolute Gasteiger partial charge is 0.238 e. The summed E-state index contributed by atoms with van der Waals surface area (Å²) in [6.07, 6.45) is 16.6. The van der Waals surface area contributed by atoms with E-state index < -0.39 is 0 Å². The Morgan fingerprint density at radius 3 is 1.90 bits per heavy atom. The van der Waals surface area contributed by atoms with E-state index in [0.29, 0.717) is 22.7 Å². The summed E-state index contributed by atoms with van der Waals surface area (Å²) in [5.41, 5.74) is 12.0. The highest BCUT2D eigenvalue weighted by molar-refractivity contribution is 6.30. The van der Waals surface area contributed by atoms with Crippen molar-refractivity contribution in [2.45, 2.75) is 116 Å². The number of benzene rings is 2. The van der Waals surface area contributed by atoms with Crippen molar-refractivity contribution in [3.63, 3.8) is 0 Å². The average Bonchev–Trinajstić information content (AvgIpc) is 4.09. The highest BCUT2D eigenvalue weighted by Crippen LogP contribution is 2.58. The van der Waals surface area contributed by atoms with Gasteiger partial charge >= 0.3 is 0 Å². The highest BCUT2D eigenvalue weighted by atomic mass is 35.5. The van der Waals surface area contributed by atoms with Crippen LogP contribution in [0, 0.1) is 0 Å². The summed E-state index contributed by atoms with van der Waals surface area (Å²) < 4.78 is 19.1. The van der Waals surface area contributed by atoms with Crippen LogP contribution in [-0.4, -0.2) is 47.3 Å². The molecule has 7 aromatic rings. The molecule has 63 heavy (non-hydrogen) atoms. The van der Waals surface area contributed by atoms with Crippen LogP contribution in [-0.2, 0) is 33.4 Å². The Labute approximate surface area is 375 Å². The third kappa shape index (κ3) is 7.64. The van der Waals surface area contributed by atoms with Crippen LogP contribution in [0.15, 0.2) is 104 Å². The van der Waals surface area contributed by atoms with Gasteiger partial charge in [-0.15, -0.1) is 0 Å². The van der Waals surface area contributed by atoms with Crippen LogP contribution in [0.4, 0.5) is 11.5 Å². The van der Waals surface area contributed by atoms with E-state index in [-0.39, 0.29) is 23.3 Å². The molecule has 0 saturated carbocycles. The number of hydrogen-bond donors (Lipinski definition) is 0. The van der Waals surface area contributed by atoms with Crippen LogP contribution < -0.4 is 4.48 Å². The summed E-state index contributed by atoms with van der Waals surface area (Å²) in [7, 11) is 0. The van der Waals surface area contributed by atoms with E-state index >= 15 is 0 Å². The van der Waals surface area contributed by atoms with Gasteiger partial charge in [-0.1, -0.05) is 114 Å². The zero-order chi connectivity index (χ0) is 43.5. The van der Waals surface area contributed by atoms with Gasteiger partial charge in [0.1, 0.15) is 29.8 Å². The molecule has 2 fully saturated rings. The molecule has 3 atom stereocenters. The van der Waals surface area contributed by atoms with Crippen molar-refractivity contribution in [3.8, 4) is 11.3 Å². The largest absolute Gasteiger partial charge is 0.357 e. The molecular formula is C52H58ClN8O2+. The van der Waals surface area contributed by atoms with Gasteiger partial charge in [0.05, 0.1) is 34.7 Å². The van der Waals surface area contributed by atoms with Gasteiger partial charge in [-0.2, -0.15) is 15.2 Å². The molecule has 8 heterocycles. The van der Waals surface area contributed by atoms with Crippen molar-refractivity contribution < 1.29 is 9.47 Å². The fourth-order valence-corrected chi connectivity index (χ4v) is 10.6. The third-order valence-corrected chi connectivity index (χ3v) is 13.3. The molecule has 0 spiro atoms. The lowest BCUT2D eigenvalue weighted by molar-refractivity contribution is -0.0395. The molecule has 0 N–H and O–H groups in total. The predicted octanol–water partition coefficient (Wildman–Crippen LogP) is 12.5. The van der Waals surface area contributed by atoms with E-state index in [4.69, 9.17) is 41.2 Å². The molecule has 2 saturated heterocycles. The number of rotatable bonds is 9. The Balaban J connectivity index is 1.24. The maximum absolute atomic E-state index is 7.36. The van der Waals surface area contributed by atoms with Crippen LogP contribution in [0.2, 0.25) is 5.15 Å². The van der Waals surface area contributed by atoms with Gasteiger partial charge in [0.25, 0.3) is 0 Å². The van der Waals surface area contributed by atoms with Crippen molar-refractivity contribution in [3.05, 3.63) is 142 Å². The molecule has 3 aliphatic heterocycles. The van der Waals surface area contributed by atoms with Crippen molar-refractivity contribution in [1.82, 2.24) is 38.6 Å². The average molecular weight is 863 g/mol. The molecule has 3 aliphatic rings. The minimum atomic E-state index is -0.318.